The number of carbonyl (C=O) groups is 2. The number of halogens is 3. The monoisotopic (exact) mass is 742 g/mol. The van der Waals surface area contributed by atoms with Crippen molar-refractivity contribution >= 4 is 54.0 Å². The van der Waals surface area contributed by atoms with Crippen molar-refractivity contribution in [1.29, 1.82) is 0 Å². The molecule has 1 aliphatic heterocycles. The van der Waals surface area contributed by atoms with E-state index in [1.807, 2.05) is 28.7 Å². The molecule has 6 rings (SSSR count). The van der Waals surface area contributed by atoms with Gasteiger partial charge in [-0.05, 0) is 111 Å². The number of carbonyl (C=O) groups excluding carboxylic acids is 2. The van der Waals surface area contributed by atoms with E-state index in [-0.39, 0.29) is 41.5 Å². The van der Waals surface area contributed by atoms with Crippen LogP contribution in [-0.2, 0) is 25.3 Å². The molecule has 4 aliphatic rings. The van der Waals surface area contributed by atoms with Crippen molar-refractivity contribution in [2.24, 2.45) is 23.0 Å². The number of methoxy groups -OCH3 is 1. The molecule has 240 valence electrons. The molecule has 2 aromatic rings. The van der Waals surface area contributed by atoms with Crippen molar-refractivity contribution in [3.63, 3.8) is 0 Å². The molecule has 0 spiro atoms. The number of nitrogens with one attached hydrogen (secondary N) is 1. The van der Waals surface area contributed by atoms with E-state index in [0.717, 1.165) is 12.8 Å². The van der Waals surface area contributed by atoms with E-state index in [2.05, 4.69) is 26.1 Å². The van der Waals surface area contributed by atoms with E-state index in [0.29, 0.717) is 26.7 Å². The highest BCUT2D eigenvalue weighted by atomic mass is 127. The number of ether oxygens (including phenoxy) is 2. The Bertz CT molecular complexity index is 1420. The standard InChI is InChI=1S/C32H41BFIN2O6.ClH/c1-30(2,3)41-29(39)21-10-8-9-17(27(21)40-7)13-25(37-28(38)26(36)20-12-11-19(35)16-22(20)34)33-42-24-15-18-14-23(31(18,4)5)32(24,6)43-33;/h8-12,16,18,23-26H,13-15,36H2,1-7H3,(H,37,38);1H/t18-,23-,24+,25-,26?,32-;/m0./s1. The van der Waals surface area contributed by atoms with Gasteiger partial charge in [0.2, 0.25) is 5.91 Å². The summed E-state index contributed by atoms with van der Waals surface area (Å²) < 4.78 is 40.1. The molecule has 0 aromatic heterocycles. The molecular weight excluding hydrogens is 701 g/mol. The third kappa shape index (κ3) is 6.49. The topological polar surface area (TPSA) is 109 Å². The highest BCUT2D eigenvalue weighted by Crippen LogP contribution is 2.65. The Kier molecular flexibility index (Phi) is 10.1. The van der Waals surface area contributed by atoms with E-state index in [1.165, 1.54) is 19.2 Å². The number of esters is 1. The first-order valence-corrected chi connectivity index (χ1v) is 15.9. The lowest BCUT2D eigenvalue weighted by Gasteiger charge is -2.64. The molecular formula is C32H42BClFIN2O6. The van der Waals surface area contributed by atoms with Crippen LogP contribution in [0.25, 0.3) is 0 Å². The Hall–Kier alpha value is -1.93. The lowest BCUT2D eigenvalue weighted by molar-refractivity contribution is -0.199. The summed E-state index contributed by atoms with van der Waals surface area (Å²) in [5.41, 5.74) is 6.24. The summed E-state index contributed by atoms with van der Waals surface area (Å²) in [6.07, 6.45) is 2.04. The average Bonchev–Trinajstić information content (AvgIpc) is 3.28. The van der Waals surface area contributed by atoms with Gasteiger partial charge in [0.25, 0.3) is 0 Å². The summed E-state index contributed by atoms with van der Waals surface area (Å²) >= 11 is 2.01. The molecule has 2 aromatic carbocycles. The minimum Gasteiger partial charge on any atom is -0.496 e. The fraction of sp³-hybridized carbons (Fsp3) is 0.562. The molecule has 3 aliphatic carbocycles. The molecule has 1 heterocycles. The molecule has 1 unspecified atom stereocenters. The Labute approximate surface area is 279 Å². The smallest absolute Gasteiger partial charge is 0.482 e. The molecule has 4 fully saturated rings. The van der Waals surface area contributed by atoms with E-state index in [9.17, 15) is 14.0 Å². The zero-order chi connectivity index (χ0) is 31.5. The van der Waals surface area contributed by atoms with Gasteiger partial charge in [0.15, 0.2) is 0 Å². The number of nitrogens with two attached hydrogens (primary N) is 1. The zero-order valence-corrected chi connectivity index (χ0v) is 29.2. The van der Waals surface area contributed by atoms with Crippen LogP contribution in [0.5, 0.6) is 5.75 Å². The van der Waals surface area contributed by atoms with Gasteiger partial charge in [-0.1, -0.05) is 32.0 Å². The molecule has 12 heteroatoms. The van der Waals surface area contributed by atoms with Crippen molar-refractivity contribution in [3.05, 3.63) is 62.5 Å². The number of para-hydroxylation sites is 1. The fourth-order valence-corrected chi connectivity index (χ4v) is 7.62. The molecule has 44 heavy (non-hydrogen) atoms. The second-order valence-corrected chi connectivity index (χ2v) is 15.0. The summed E-state index contributed by atoms with van der Waals surface area (Å²) in [5, 5.41) is 3.01. The average molecular weight is 743 g/mol. The first-order valence-electron chi connectivity index (χ1n) is 14.8. The Morgan fingerprint density at radius 1 is 1.20 bits per heavy atom. The van der Waals surface area contributed by atoms with Crippen LogP contribution < -0.4 is 15.8 Å². The van der Waals surface area contributed by atoms with E-state index < -0.39 is 48.0 Å². The maximum atomic E-state index is 14.8. The van der Waals surface area contributed by atoms with Crippen LogP contribution in [0.1, 0.15) is 81.9 Å². The third-order valence-corrected chi connectivity index (χ3v) is 10.2. The normalized spacial score (nSPS) is 26.4. The van der Waals surface area contributed by atoms with Gasteiger partial charge < -0.3 is 29.8 Å². The van der Waals surface area contributed by atoms with Gasteiger partial charge in [0, 0.05) is 9.13 Å². The van der Waals surface area contributed by atoms with Gasteiger partial charge in [-0.15, -0.1) is 12.4 Å². The Morgan fingerprint density at radius 2 is 1.91 bits per heavy atom. The summed E-state index contributed by atoms with van der Waals surface area (Å²) in [6.45, 7) is 12.1. The lowest BCUT2D eigenvalue weighted by Crippen LogP contribution is -2.65. The summed E-state index contributed by atoms with van der Waals surface area (Å²) in [7, 11) is 0.696. The molecule has 0 radical (unpaired) electrons. The molecule has 6 atom stereocenters. The summed E-state index contributed by atoms with van der Waals surface area (Å²) in [5.74, 6) is -1.13. The first-order chi connectivity index (χ1) is 20.0. The van der Waals surface area contributed by atoms with Gasteiger partial charge in [0.05, 0.1) is 24.8 Å². The highest BCUT2D eigenvalue weighted by molar-refractivity contribution is 14.1. The molecule has 3 N–H and O–H groups in total. The van der Waals surface area contributed by atoms with Gasteiger partial charge >= 0.3 is 13.1 Å². The van der Waals surface area contributed by atoms with Gasteiger partial charge in [-0.25, -0.2) is 9.18 Å². The van der Waals surface area contributed by atoms with Crippen LogP contribution in [0, 0.1) is 26.6 Å². The van der Waals surface area contributed by atoms with E-state index in [1.54, 1.807) is 39.0 Å². The van der Waals surface area contributed by atoms with Crippen molar-refractivity contribution < 1.29 is 32.8 Å². The highest BCUT2D eigenvalue weighted by Gasteiger charge is 2.68. The molecule has 1 saturated heterocycles. The van der Waals surface area contributed by atoms with Crippen LogP contribution in [0.4, 0.5) is 4.39 Å². The quantitative estimate of drug-likeness (QED) is 0.200. The van der Waals surface area contributed by atoms with Crippen molar-refractivity contribution in [2.45, 2.75) is 90.1 Å². The fourth-order valence-electron chi connectivity index (χ4n) is 7.17. The van der Waals surface area contributed by atoms with Crippen molar-refractivity contribution in [2.75, 3.05) is 7.11 Å². The number of hydrogen-bond donors (Lipinski definition) is 2. The second-order valence-electron chi connectivity index (χ2n) is 13.8. The third-order valence-electron chi connectivity index (χ3n) is 9.56. The Balaban J connectivity index is 0.00000442. The summed E-state index contributed by atoms with van der Waals surface area (Å²) in [6, 6.07) is 8.55. The summed E-state index contributed by atoms with van der Waals surface area (Å²) in [4.78, 5) is 26.6. The largest absolute Gasteiger partial charge is 0.496 e. The Morgan fingerprint density at radius 3 is 2.52 bits per heavy atom. The predicted molar refractivity (Wildman–Crippen MR) is 177 cm³/mol. The van der Waals surface area contributed by atoms with Gasteiger partial charge in [0.1, 0.15) is 28.8 Å². The zero-order valence-electron chi connectivity index (χ0n) is 26.2. The van der Waals surface area contributed by atoms with Gasteiger partial charge in [-0.2, -0.15) is 0 Å². The van der Waals surface area contributed by atoms with Crippen LogP contribution in [-0.4, -0.2) is 49.4 Å². The van der Waals surface area contributed by atoms with Crippen LogP contribution in [0.15, 0.2) is 36.4 Å². The van der Waals surface area contributed by atoms with Gasteiger partial charge in [-0.3, -0.25) is 4.79 Å². The first kappa shape index (κ1) is 34.9. The van der Waals surface area contributed by atoms with Crippen molar-refractivity contribution in [3.8, 4) is 5.75 Å². The SMILES string of the molecule is COc1c(C[C@H](NC(=O)C(N)c2ccc(I)cc2F)B2O[C@@H]3C[C@@H]4C[C@@H](C4(C)C)[C@]3(C)O2)cccc1C(=O)OC(C)(C)C.Cl. The minimum atomic E-state index is -1.25. The van der Waals surface area contributed by atoms with Crippen molar-refractivity contribution in [1.82, 2.24) is 5.32 Å². The molecule has 8 nitrogen and oxygen atoms in total. The number of hydrogen-bond acceptors (Lipinski definition) is 7. The number of rotatable bonds is 8. The number of amides is 1. The number of benzene rings is 2. The molecule has 3 saturated carbocycles. The van der Waals surface area contributed by atoms with Crippen LogP contribution >= 0.6 is 35.0 Å². The minimum absolute atomic E-state index is 0. The van der Waals surface area contributed by atoms with Crippen LogP contribution in [0.3, 0.4) is 0 Å². The molecule has 2 bridgehead atoms. The maximum absolute atomic E-state index is 14.8. The second kappa shape index (κ2) is 12.7. The van der Waals surface area contributed by atoms with E-state index in [4.69, 9.17) is 24.5 Å². The maximum Gasteiger partial charge on any atom is 0.482 e. The van der Waals surface area contributed by atoms with E-state index >= 15 is 0 Å². The molecule has 1 amide bonds. The van der Waals surface area contributed by atoms with Crippen LogP contribution in [0.2, 0.25) is 0 Å². The lowest BCUT2D eigenvalue weighted by atomic mass is 9.43. The predicted octanol–water partition coefficient (Wildman–Crippen LogP) is 5.81.